The van der Waals surface area contributed by atoms with Crippen LogP contribution in [0.1, 0.15) is 16.6 Å². The van der Waals surface area contributed by atoms with E-state index in [1.807, 2.05) is 12.1 Å². The molecule has 0 spiro atoms. The lowest BCUT2D eigenvalue weighted by molar-refractivity contribution is 0.0318. The van der Waals surface area contributed by atoms with Gasteiger partial charge in [0.1, 0.15) is 34.9 Å². The molecule has 12 heteroatoms. The van der Waals surface area contributed by atoms with Crippen LogP contribution in [0.5, 0.6) is 17.2 Å². The highest BCUT2D eigenvalue weighted by Gasteiger charge is 2.37. The standard InChI is InChI=1S/C21H23N3O7S2/c1-28-16-9-14(10-17(11-16)29-2)12-31-15-3-5-18(6-4-15)33(26,27)24-7-8-30-13-19(24)20-22-23-21(25)32-20/h3-6,9-11,19H,7-8,12-13H2,1-2H3,(H,23,25). The van der Waals surface area contributed by atoms with Crippen LogP contribution in [0.4, 0.5) is 0 Å². The van der Waals surface area contributed by atoms with Crippen LogP contribution in [0.25, 0.3) is 0 Å². The highest BCUT2D eigenvalue weighted by molar-refractivity contribution is 7.89. The number of aromatic amines is 1. The van der Waals surface area contributed by atoms with E-state index in [-0.39, 0.29) is 36.1 Å². The Morgan fingerprint density at radius 1 is 1.12 bits per heavy atom. The number of rotatable bonds is 8. The fourth-order valence-corrected chi connectivity index (χ4v) is 5.75. The Kier molecular flexibility index (Phi) is 6.98. The Bertz CT molecular complexity index is 1230. The number of morpholine rings is 1. The fraction of sp³-hybridized carbons (Fsp3) is 0.333. The predicted octanol–water partition coefficient (Wildman–Crippen LogP) is 2.19. The Morgan fingerprint density at radius 3 is 2.42 bits per heavy atom. The van der Waals surface area contributed by atoms with E-state index in [9.17, 15) is 13.2 Å². The quantitative estimate of drug-likeness (QED) is 0.507. The van der Waals surface area contributed by atoms with Crippen LogP contribution in [0.2, 0.25) is 0 Å². The average molecular weight is 494 g/mol. The lowest BCUT2D eigenvalue weighted by atomic mass is 10.2. The van der Waals surface area contributed by atoms with Crippen molar-refractivity contribution < 1.29 is 27.4 Å². The molecule has 0 bridgehead atoms. The summed E-state index contributed by atoms with van der Waals surface area (Å²) in [6.45, 7) is 0.811. The van der Waals surface area contributed by atoms with Gasteiger partial charge in [0.15, 0.2) is 0 Å². The molecule has 0 saturated carbocycles. The molecule has 4 rings (SSSR count). The Balaban J connectivity index is 1.49. The van der Waals surface area contributed by atoms with E-state index < -0.39 is 16.1 Å². The van der Waals surface area contributed by atoms with Gasteiger partial charge < -0.3 is 18.9 Å². The summed E-state index contributed by atoms with van der Waals surface area (Å²) >= 11 is 0.875. The maximum atomic E-state index is 13.3. The SMILES string of the molecule is COc1cc(COc2ccc(S(=O)(=O)N3CCOCC3c3n[nH]c(=O)s3)cc2)cc(OC)c1. The third-order valence-corrected chi connectivity index (χ3v) is 7.84. The van der Waals surface area contributed by atoms with E-state index in [1.165, 1.54) is 16.4 Å². The number of nitrogens with zero attached hydrogens (tertiary/aromatic N) is 2. The van der Waals surface area contributed by atoms with E-state index in [2.05, 4.69) is 10.2 Å². The first-order valence-corrected chi connectivity index (χ1v) is 12.3. The normalized spacial score (nSPS) is 17.0. The zero-order valence-corrected chi connectivity index (χ0v) is 19.6. The average Bonchev–Trinajstić information content (AvgIpc) is 3.28. The van der Waals surface area contributed by atoms with Crippen LogP contribution in [0.3, 0.4) is 0 Å². The summed E-state index contributed by atoms with van der Waals surface area (Å²) in [6.07, 6.45) is 0. The van der Waals surface area contributed by atoms with Crippen molar-refractivity contribution in [3.8, 4) is 17.2 Å². The van der Waals surface area contributed by atoms with Gasteiger partial charge in [-0.1, -0.05) is 11.3 Å². The molecule has 10 nitrogen and oxygen atoms in total. The van der Waals surface area contributed by atoms with Gasteiger partial charge in [-0.25, -0.2) is 13.5 Å². The van der Waals surface area contributed by atoms with Gasteiger partial charge in [-0.2, -0.15) is 9.40 Å². The van der Waals surface area contributed by atoms with Crippen molar-refractivity contribution in [2.45, 2.75) is 17.5 Å². The minimum Gasteiger partial charge on any atom is -0.497 e. The van der Waals surface area contributed by atoms with E-state index in [0.717, 1.165) is 16.9 Å². The molecule has 1 atom stereocenters. The maximum absolute atomic E-state index is 13.3. The molecule has 2 aromatic carbocycles. The highest BCUT2D eigenvalue weighted by Crippen LogP contribution is 2.31. The van der Waals surface area contributed by atoms with E-state index >= 15 is 0 Å². The minimum absolute atomic E-state index is 0.118. The number of methoxy groups -OCH3 is 2. The molecule has 33 heavy (non-hydrogen) atoms. The summed E-state index contributed by atoms with van der Waals surface area (Å²) in [5.74, 6) is 1.81. The monoisotopic (exact) mass is 493 g/mol. The van der Waals surface area contributed by atoms with Gasteiger partial charge in [0.2, 0.25) is 10.0 Å². The highest BCUT2D eigenvalue weighted by atomic mass is 32.2. The number of nitrogens with one attached hydrogen (secondary N) is 1. The molecule has 1 fully saturated rings. The second-order valence-electron chi connectivity index (χ2n) is 7.14. The molecule has 0 radical (unpaired) electrons. The number of benzene rings is 2. The summed E-state index contributed by atoms with van der Waals surface area (Å²) in [5.41, 5.74) is 0.844. The molecule has 176 valence electrons. The van der Waals surface area contributed by atoms with Crippen LogP contribution in [-0.4, -0.2) is 56.9 Å². The van der Waals surface area contributed by atoms with Gasteiger partial charge in [-0.3, -0.25) is 4.79 Å². The van der Waals surface area contributed by atoms with E-state index in [0.29, 0.717) is 22.3 Å². The third-order valence-electron chi connectivity index (χ3n) is 5.07. The summed E-state index contributed by atoms with van der Waals surface area (Å²) in [5, 5.41) is 6.65. The summed E-state index contributed by atoms with van der Waals surface area (Å²) in [6, 6.07) is 11.0. The fourth-order valence-electron chi connectivity index (χ4n) is 3.41. The molecule has 2 heterocycles. The molecule has 0 aliphatic carbocycles. The van der Waals surface area contributed by atoms with Crippen molar-refractivity contribution in [2.24, 2.45) is 0 Å². The van der Waals surface area contributed by atoms with Crippen molar-refractivity contribution in [3.05, 3.63) is 62.7 Å². The molecule has 1 aromatic heterocycles. The van der Waals surface area contributed by atoms with Crippen LogP contribution in [0.15, 0.2) is 52.2 Å². The Morgan fingerprint density at radius 2 is 1.82 bits per heavy atom. The first-order valence-electron chi connectivity index (χ1n) is 10.0. The van der Waals surface area contributed by atoms with Crippen molar-refractivity contribution in [3.63, 3.8) is 0 Å². The van der Waals surface area contributed by atoms with Crippen LogP contribution in [0, 0.1) is 0 Å². The van der Waals surface area contributed by atoms with Gasteiger partial charge in [0, 0.05) is 12.6 Å². The molecule has 3 aromatic rings. The van der Waals surface area contributed by atoms with Gasteiger partial charge in [0.05, 0.1) is 32.3 Å². The summed E-state index contributed by atoms with van der Waals surface area (Å²) in [4.78, 5) is 11.3. The predicted molar refractivity (Wildman–Crippen MR) is 121 cm³/mol. The van der Waals surface area contributed by atoms with E-state index in [1.54, 1.807) is 32.4 Å². The first-order chi connectivity index (χ1) is 15.9. The zero-order valence-electron chi connectivity index (χ0n) is 18.0. The zero-order chi connectivity index (χ0) is 23.4. The number of H-pyrrole nitrogens is 1. The molecule has 1 saturated heterocycles. The molecule has 1 aliphatic heterocycles. The minimum atomic E-state index is -3.84. The number of hydrogen-bond donors (Lipinski definition) is 1. The molecule has 1 aliphatic rings. The Labute approximate surface area is 194 Å². The van der Waals surface area contributed by atoms with Gasteiger partial charge in [-0.15, -0.1) is 0 Å². The lowest BCUT2D eigenvalue weighted by Gasteiger charge is -2.33. The number of aromatic nitrogens is 2. The Hall–Kier alpha value is -2.93. The molecule has 1 unspecified atom stereocenters. The molecule has 1 N–H and O–H groups in total. The molecular formula is C21H23N3O7S2. The number of hydrogen-bond acceptors (Lipinski definition) is 9. The van der Waals surface area contributed by atoms with E-state index in [4.69, 9.17) is 18.9 Å². The maximum Gasteiger partial charge on any atom is 0.322 e. The number of ether oxygens (including phenoxy) is 4. The third kappa shape index (κ3) is 5.19. The molecular weight excluding hydrogens is 470 g/mol. The van der Waals surface area contributed by atoms with Crippen molar-refractivity contribution in [2.75, 3.05) is 34.0 Å². The summed E-state index contributed by atoms with van der Waals surface area (Å²) < 4.78 is 49.7. The summed E-state index contributed by atoms with van der Waals surface area (Å²) in [7, 11) is -0.690. The van der Waals surface area contributed by atoms with Crippen molar-refractivity contribution in [1.82, 2.24) is 14.5 Å². The number of sulfonamides is 1. The van der Waals surface area contributed by atoms with Gasteiger partial charge >= 0.3 is 4.87 Å². The van der Waals surface area contributed by atoms with Gasteiger partial charge in [-0.05, 0) is 42.0 Å². The molecule has 0 amide bonds. The smallest absolute Gasteiger partial charge is 0.322 e. The van der Waals surface area contributed by atoms with Crippen molar-refractivity contribution >= 4 is 21.4 Å². The largest absolute Gasteiger partial charge is 0.497 e. The van der Waals surface area contributed by atoms with Crippen LogP contribution < -0.4 is 19.1 Å². The topological polar surface area (TPSA) is 120 Å². The first kappa shape index (κ1) is 23.2. The van der Waals surface area contributed by atoms with Crippen LogP contribution >= 0.6 is 11.3 Å². The van der Waals surface area contributed by atoms with Crippen LogP contribution in [-0.2, 0) is 21.4 Å². The second-order valence-corrected chi connectivity index (χ2v) is 10.0. The van der Waals surface area contributed by atoms with Gasteiger partial charge in [0.25, 0.3) is 0 Å². The van der Waals surface area contributed by atoms with Crippen molar-refractivity contribution in [1.29, 1.82) is 0 Å². The lowest BCUT2D eigenvalue weighted by Crippen LogP contribution is -2.43. The second kappa shape index (κ2) is 9.91.